The number of hydrogen-bond acceptors (Lipinski definition) is 5. The molecule has 2 heterocycles. The number of amides is 2. The van der Waals surface area contributed by atoms with Gasteiger partial charge in [0.25, 0.3) is 0 Å². The normalized spacial score (nSPS) is 18.1. The van der Waals surface area contributed by atoms with Crippen LogP contribution in [0.15, 0.2) is 48.5 Å². The predicted molar refractivity (Wildman–Crippen MR) is 131 cm³/mol. The van der Waals surface area contributed by atoms with E-state index in [0.29, 0.717) is 32.6 Å². The van der Waals surface area contributed by atoms with E-state index in [1.807, 2.05) is 67.3 Å². The van der Waals surface area contributed by atoms with Gasteiger partial charge in [-0.25, -0.2) is 0 Å². The quantitative estimate of drug-likeness (QED) is 0.733. The van der Waals surface area contributed by atoms with E-state index in [-0.39, 0.29) is 17.9 Å². The van der Waals surface area contributed by atoms with Crippen molar-refractivity contribution in [3.8, 4) is 0 Å². The van der Waals surface area contributed by atoms with Crippen LogP contribution in [0.3, 0.4) is 0 Å². The van der Waals surface area contributed by atoms with Gasteiger partial charge < -0.3 is 19.9 Å². The lowest BCUT2D eigenvalue weighted by atomic mass is 10.0. The number of benzene rings is 2. The molecule has 1 N–H and O–H groups in total. The highest BCUT2D eigenvalue weighted by Gasteiger charge is 2.27. The van der Waals surface area contributed by atoms with E-state index in [1.54, 1.807) is 0 Å². The summed E-state index contributed by atoms with van der Waals surface area (Å²) in [7, 11) is 0. The van der Waals surface area contributed by atoms with Gasteiger partial charge in [0, 0.05) is 50.6 Å². The highest BCUT2D eigenvalue weighted by molar-refractivity contribution is 5.94. The van der Waals surface area contributed by atoms with Crippen LogP contribution in [0.25, 0.3) is 0 Å². The van der Waals surface area contributed by atoms with E-state index in [4.69, 9.17) is 4.74 Å². The summed E-state index contributed by atoms with van der Waals surface area (Å²) in [5.74, 6) is 0.134. The molecule has 2 aromatic carbocycles. The molecule has 4 rings (SSSR count). The second-order valence-electron chi connectivity index (χ2n) is 8.83. The maximum absolute atomic E-state index is 12.8. The molecular weight excluding hydrogens is 416 g/mol. The Morgan fingerprint density at radius 1 is 0.939 bits per heavy atom. The lowest BCUT2D eigenvalue weighted by Gasteiger charge is -2.37. The van der Waals surface area contributed by atoms with Crippen LogP contribution in [0, 0.1) is 6.92 Å². The predicted octanol–water partition coefficient (Wildman–Crippen LogP) is 2.55. The third-order valence-corrected chi connectivity index (χ3v) is 6.71. The molecule has 1 atom stereocenters. The fraction of sp³-hybridized carbons (Fsp3) is 0.462. The van der Waals surface area contributed by atoms with Crippen molar-refractivity contribution in [2.75, 3.05) is 62.7 Å². The summed E-state index contributed by atoms with van der Waals surface area (Å²) < 4.78 is 5.41. The van der Waals surface area contributed by atoms with Gasteiger partial charge in [0.15, 0.2) is 0 Å². The van der Waals surface area contributed by atoms with Gasteiger partial charge in [0.1, 0.15) is 0 Å². The van der Waals surface area contributed by atoms with Crippen molar-refractivity contribution in [3.63, 3.8) is 0 Å². The molecule has 0 radical (unpaired) electrons. The van der Waals surface area contributed by atoms with Gasteiger partial charge in [-0.2, -0.15) is 0 Å². The summed E-state index contributed by atoms with van der Waals surface area (Å²) in [5, 5.41) is 3.04. The molecule has 2 aromatic rings. The molecule has 33 heavy (non-hydrogen) atoms. The van der Waals surface area contributed by atoms with Gasteiger partial charge in [0.05, 0.1) is 25.7 Å². The highest BCUT2D eigenvalue weighted by Crippen LogP contribution is 2.20. The molecule has 1 unspecified atom stereocenters. The van der Waals surface area contributed by atoms with Crippen molar-refractivity contribution < 1.29 is 14.3 Å². The average Bonchev–Trinajstić information content (AvgIpc) is 2.86. The molecule has 0 saturated carbocycles. The molecule has 7 nitrogen and oxygen atoms in total. The number of ether oxygens (including phenoxy) is 1. The van der Waals surface area contributed by atoms with E-state index in [2.05, 4.69) is 15.1 Å². The van der Waals surface area contributed by atoms with Gasteiger partial charge in [-0.05, 0) is 49.2 Å². The molecule has 0 spiro atoms. The third kappa shape index (κ3) is 5.92. The maximum atomic E-state index is 12.8. The first-order valence-corrected chi connectivity index (χ1v) is 11.8. The highest BCUT2D eigenvalue weighted by atomic mass is 16.5. The van der Waals surface area contributed by atoms with Crippen molar-refractivity contribution in [1.29, 1.82) is 0 Å². The van der Waals surface area contributed by atoms with E-state index < -0.39 is 0 Å². The number of aryl methyl sites for hydroxylation is 1. The average molecular weight is 451 g/mol. The zero-order valence-electron chi connectivity index (χ0n) is 19.6. The van der Waals surface area contributed by atoms with E-state index in [1.165, 1.54) is 0 Å². The number of morpholine rings is 1. The number of piperazine rings is 1. The molecule has 2 fully saturated rings. The van der Waals surface area contributed by atoms with Crippen molar-refractivity contribution in [1.82, 2.24) is 9.80 Å². The van der Waals surface area contributed by atoms with Crippen LogP contribution in [-0.2, 0) is 20.7 Å². The summed E-state index contributed by atoms with van der Waals surface area (Å²) in [5.41, 5.74) is 4.18. The van der Waals surface area contributed by atoms with Crippen LogP contribution >= 0.6 is 0 Å². The Morgan fingerprint density at radius 2 is 1.61 bits per heavy atom. The Morgan fingerprint density at radius 3 is 2.27 bits per heavy atom. The van der Waals surface area contributed by atoms with Crippen molar-refractivity contribution in [2.45, 2.75) is 26.3 Å². The van der Waals surface area contributed by atoms with Crippen LogP contribution in [0.2, 0.25) is 0 Å². The van der Waals surface area contributed by atoms with Gasteiger partial charge in [0.2, 0.25) is 11.8 Å². The topological polar surface area (TPSA) is 65.1 Å². The maximum Gasteiger partial charge on any atom is 0.241 e. The molecule has 7 heteroatoms. The van der Waals surface area contributed by atoms with Crippen LogP contribution in [0.5, 0.6) is 0 Å². The molecule has 2 aliphatic rings. The first-order chi connectivity index (χ1) is 16.0. The zero-order valence-corrected chi connectivity index (χ0v) is 19.6. The number of anilines is 2. The fourth-order valence-corrected chi connectivity index (χ4v) is 4.43. The molecule has 2 saturated heterocycles. The minimum atomic E-state index is -0.252. The Kier molecular flexibility index (Phi) is 7.62. The summed E-state index contributed by atoms with van der Waals surface area (Å²) in [4.78, 5) is 31.9. The minimum Gasteiger partial charge on any atom is -0.378 e. The summed E-state index contributed by atoms with van der Waals surface area (Å²) in [6.07, 6.45) is 0.434. The Labute approximate surface area is 196 Å². The van der Waals surface area contributed by atoms with Crippen molar-refractivity contribution in [3.05, 3.63) is 59.7 Å². The summed E-state index contributed by atoms with van der Waals surface area (Å²) >= 11 is 0. The largest absolute Gasteiger partial charge is 0.378 e. The second-order valence-corrected chi connectivity index (χ2v) is 8.83. The molecule has 0 aromatic heterocycles. The summed E-state index contributed by atoms with van der Waals surface area (Å²) in [6.45, 7) is 9.95. The van der Waals surface area contributed by atoms with Crippen LogP contribution in [0.1, 0.15) is 18.1 Å². The fourth-order valence-electron chi connectivity index (χ4n) is 4.43. The number of carbonyl (C=O) groups is 2. The first-order valence-electron chi connectivity index (χ1n) is 11.8. The standard InChI is InChI=1S/C26H34N4O3/c1-20-5-3-4-6-22(20)19-25(31)30-13-11-28(12-14-30)21(2)26(32)27-23-7-9-24(10-8-23)29-15-17-33-18-16-29/h3-10,21H,11-19H2,1-2H3,(H,27,32). The molecule has 2 aliphatic heterocycles. The van der Waals surface area contributed by atoms with Crippen LogP contribution in [-0.4, -0.2) is 80.1 Å². The zero-order chi connectivity index (χ0) is 23.2. The number of carbonyl (C=O) groups excluding carboxylic acids is 2. The first kappa shape index (κ1) is 23.3. The number of rotatable bonds is 6. The lowest BCUT2D eigenvalue weighted by Crippen LogP contribution is -2.54. The lowest BCUT2D eigenvalue weighted by molar-refractivity contribution is -0.133. The monoisotopic (exact) mass is 450 g/mol. The Balaban J connectivity index is 1.25. The van der Waals surface area contributed by atoms with Gasteiger partial charge in [-0.3, -0.25) is 14.5 Å². The number of nitrogens with one attached hydrogen (secondary N) is 1. The van der Waals surface area contributed by atoms with Crippen LogP contribution < -0.4 is 10.2 Å². The Hall–Kier alpha value is -2.90. The SMILES string of the molecule is Cc1ccccc1CC(=O)N1CCN(C(C)C(=O)Nc2ccc(N3CCOCC3)cc2)CC1. The van der Waals surface area contributed by atoms with Gasteiger partial charge in [-0.15, -0.1) is 0 Å². The minimum absolute atomic E-state index is 0.0196. The molecule has 2 amide bonds. The Bertz CT molecular complexity index is 948. The second kappa shape index (κ2) is 10.8. The molecular formula is C26H34N4O3. The molecule has 176 valence electrons. The third-order valence-electron chi connectivity index (χ3n) is 6.71. The van der Waals surface area contributed by atoms with E-state index in [0.717, 1.165) is 48.8 Å². The van der Waals surface area contributed by atoms with Crippen molar-refractivity contribution in [2.24, 2.45) is 0 Å². The van der Waals surface area contributed by atoms with E-state index in [9.17, 15) is 9.59 Å². The summed E-state index contributed by atoms with van der Waals surface area (Å²) in [6, 6.07) is 15.8. The van der Waals surface area contributed by atoms with Crippen molar-refractivity contribution >= 4 is 23.2 Å². The number of hydrogen-bond donors (Lipinski definition) is 1. The van der Waals surface area contributed by atoms with E-state index >= 15 is 0 Å². The van der Waals surface area contributed by atoms with Gasteiger partial charge >= 0.3 is 0 Å². The molecule has 0 aliphatic carbocycles. The smallest absolute Gasteiger partial charge is 0.241 e. The molecule has 0 bridgehead atoms. The van der Waals surface area contributed by atoms with Gasteiger partial charge in [-0.1, -0.05) is 24.3 Å². The van der Waals surface area contributed by atoms with Crippen LogP contribution in [0.4, 0.5) is 11.4 Å². The number of nitrogens with zero attached hydrogens (tertiary/aromatic N) is 3.